The third-order valence-electron chi connectivity index (χ3n) is 4.42. The van der Waals surface area contributed by atoms with Crippen LogP contribution < -0.4 is 11.1 Å². The monoisotopic (exact) mass is 194 g/mol. The predicted molar refractivity (Wildman–Crippen MR) is 53.5 cm³/mol. The molecule has 0 saturated heterocycles. The zero-order valence-electron chi connectivity index (χ0n) is 8.46. The number of hydrogen-bond donors (Lipinski definition) is 2. The second-order valence-electron chi connectivity index (χ2n) is 5.37. The topological polar surface area (TPSA) is 55.1 Å². The summed E-state index contributed by atoms with van der Waals surface area (Å²) in [5.74, 6) is 1.62. The van der Waals surface area contributed by atoms with Gasteiger partial charge in [-0.3, -0.25) is 4.79 Å². The first-order valence-corrected chi connectivity index (χ1v) is 5.77. The highest BCUT2D eigenvalue weighted by Gasteiger charge is 2.52. The van der Waals surface area contributed by atoms with E-state index in [9.17, 15) is 4.79 Å². The van der Waals surface area contributed by atoms with Crippen molar-refractivity contribution in [3.05, 3.63) is 0 Å². The summed E-state index contributed by atoms with van der Waals surface area (Å²) in [4.78, 5) is 11.2. The van der Waals surface area contributed by atoms with Crippen molar-refractivity contribution in [1.29, 1.82) is 0 Å². The number of carbonyl (C=O) groups excluding carboxylic acids is 1. The highest BCUT2D eigenvalue weighted by Crippen LogP contribution is 2.47. The molecule has 3 N–H and O–H groups in total. The Balaban J connectivity index is 1.66. The van der Waals surface area contributed by atoms with Gasteiger partial charge >= 0.3 is 0 Å². The molecule has 3 aliphatic carbocycles. The van der Waals surface area contributed by atoms with Crippen LogP contribution in [0.15, 0.2) is 0 Å². The summed E-state index contributed by atoms with van der Waals surface area (Å²) in [5, 5.41) is 3.52. The highest BCUT2D eigenvalue weighted by atomic mass is 16.1. The van der Waals surface area contributed by atoms with Crippen LogP contribution >= 0.6 is 0 Å². The predicted octanol–water partition coefficient (Wildman–Crippen LogP) is 0.782. The minimum atomic E-state index is -0.296. The van der Waals surface area contributed by atoms with Crippen LogP contribution in [0.3, 0.4) is 0 Å². The standard InChI is InChI=1S/C11H18N2O/c12-10(14)11(3-4-11)13-9-6-7-1-2-8(9)5-7/h7-9,13H,1-6H2,(H2,12,14). The summed E-state index contributed by atoms with van der Waals surface area (Å²) < 4.78 is 0. The van der Waals surface area contributed by atoms with Gasteiger partial charge in [-0.15, -0.1) is 0 Å². The van der Waals surface area contributed by atoms with E-state index in [2.05, 4.69) is 5.32 Å². The molecule has 3 nitrogen and oxygen atoms in total. The fourth-order valence-corrected chi connectivity index (χ4v) is 3.36. The lowest BCUT2D eigenvalue weighted by Crippen LogP contribution is -2.50. The SMILES string of the molecule is NC(=O)C1(NC2CC3CCC2C3)CC1. The first kappa shape index (κ1) is 8.72. The lowest BCUT2D eigenvalue weighted by molar-refractivity contribution is -0.121. The molecule has 0 aromatic rings. The van der Waals surface area contributed by atoms with Crippen molar-refractivity contribution >= 4 is 5.91 Å². The van der Waals surface area contributed by atoms with Gasteiger partial charge in [-0.05, 0) is 43.9 Å². The van der Waals surface area contributed by atoms with Crippen LogP contribution in [-0.4, -0.2) is 17.5 Å². The molecule has 3 heteroatoms. The highest BCUT2D eigenvalue weighted by molar-refractivity contribution is 5.87. The molecule has 3 atom stereocenters. The lowest BCUT2D eigenvalue weighted by Gasteiger charge is -2.27. The van der Waals surface area contributed by atoms with Crippen LogP contribution in [0.5, 0.6) is 0 Å². The Hall–Kier alpha value is -0.570. The summed E-state index contributed by atoms with van der Waals surface area (Å²) in [6.07, 6.45) is 7.34. The Morgan fingerprint density at radius 2 is 2.07 bits per heavy atom. The number of primary amides is 1. The molecule has 2 bridgehead atoms. The summed E-state index contributed by atoms with van der Waals surface area (Å²) in [5.41, 5.74) is 5.11. The van der Waals surface area contributed by atoms with Gasteiger partial charge in [0.2, 0.25) is 5.91 Å². The van der Waals surface area contributed by atoms with Gasteiger partial charge in [-0.25, -0.2) is 0 Å². The zero-order chi connectivity index (χ0) is 9.76. The van der Waals surface area contributed by atoms with Gasteiger partial charge in [-0.1, -0.05) is 6.42 Å². The van der Waals surface area contributed by atoms with Crippen molar-refractivity contribution in [3.8, 4) is 0 Å². The minimum Gasteiger partial charge on any atom is -0.368 e. The molecule has 3 fully saturated rings. The minimum absolute atomic E-state index is 0.139. The number of rotatable bonds is 3. The zero-order valence-corrected chi connectivity index (χ0v) is 8.46. The molecule has 3 saturated carbocycles. The van der Waals surface area contributed by atoms with Gasteiger partial charge in [0.05, 0.1) is 5.54 Å². The first-order valence-electron chi connectivity index (χ1n) is 5.77. The van der Waals surface area contributed by atoms with Crippen LogP contribution in [-0.2, 0) is 4.79 Å². The largest absolute Gasteiger partial charge is 0.368 e. The maximum atomic E-state index is 11.2. The average molecular weight is 194 g/mol. The van der Waals surface area contributed by atoms with E-state index in [1.165, 1.54) is 25.7 Å². The molecule has 78 valence electrons. The second-order valence-corrected chi connectivity index (χ2v) is 5.37. The maximum absolute atomic E-state index is 11.2. The molecule has 3 unspecified atom stereocenters. The van der Waals surface area contributed by atoms with Gasteiger partial charge in [0.25, 0.3) is 0 Å². The molecule has 0 aromatic carbocycles. The molecule has 0 heterocycles. The average Bonchev–Trinajstić information content (AvgIpc) is 2.66. The van der Waals surface area contributed by atoms with Crippen molar-refractivity contribution in [1.82, 2.24) is 5.32 Å². The van der Waals surface area contributed by atoms with Crippen LogP contribution in [0.4, 0.5) is 0 Å². The van der Waals surface area contributed by atoms with Gasteiger partial charge in [0, 0.05) is 6.04 Å². The number of carbonyl (C=O) groups is 1. The summed E-state index contributed by atoms with van der Waals surface area (Å²) in [6, 6.07) is 0.587. The molecular formula is C11H18N2O. The molecule has 0 aliphatic heterocycles. The second kappa shape index (κ2) is 2.72. The Bertz CT molecular complexity index is 272. The Morgan fingerprint density at radius 1 is 1.29 bits per heavy atom. The maximum Gasteiger partial charge on any atom is 0.237 e. The smallest absolute Gasteiger partial charge is 0.237 e. The first-order chi connectivity index (χ1) is 6.70. The van der Waals surface area contributed by atoms with E-state index in [0.717, 1.165) is 24.7 Å². The van der Waals surface area contributed by atoms with Crippen molar-refractivity contribution in [3.63, 3.8) is 0 Å². The number of nitrogens with two attached hydrogens (primary N) is 1. The number of nitrogens with one attached hydrogen (secondary N) is 1. The number of hydrogen-bond acceptors (Lipinski definition) is 2. The van der Waals surface area contributed by atoms with E-state index >= 15 is 0 Å². The van der Waals surface area contributed by atoms with Gasteiger partial charge < -0.3 is 11.1 Å². The van der Waals surface area contributed by atoms with E-state index in [1.54, 1.807) is 0 Å². The van der Waals surface area contributed by atoms with E-state index in [0.29, 0.717) is 6.04 Å². The van der Waals surface area contributed by atoms with Crippen molar-refractivity contribution in [2.75, 3.05) is 0 Å². The molecule has 0 radical (unpaired) electrons. The molecule has 1 amide bonds. The van der Waals surface area contributed by atoms with E-state index < -0.39 is 0 Å². The number of amides is 1. The van der Waals surface area contributed by atoms with Crippen molar-refractivity contribution < 1.29 is 4.79 Å². The van der Waals surface area contributed by atoms with Crippen LogP contribution in [0, 0.1) is 11.8 Å². The summed E-state index contributed by atoms with van der Waals surface area (Å²) in [7, 11) is 0. The van der Waals surface area contributed by atoms with Crippen molar-refractivity contribution in [2.45, 2.75) is 50.1 Å². The Labute approximate surface area is 84.4 Å². The Kier molecular flexibility index (Phi) is 1.69. The molecule has 3 rings (SSSR count). The van der Waals surface area contributed by atoms with Crippen LogP contribution in [0.25, 0.3) is 0 Å². The molecule has 0 aromatic heterocycles. The van der Waals surface area contributed by atoms with E-state index in [-0.39, 0.29) is 11.4 Å². The quantitative estimate of drug-likeness (QED) is 0.697. The third kappa shape index (κ3) is 1.18. The van der Waals surface area contributed by atoms with Gasteiger partial charge in [0.1, 0.15) is 0 Å². The Morgan fingerprint density at radius 3 is 2.50 bits per heavy atom. The van der Waals surface area contributed by atoms with E-state index in [1.807, 2.05) is 0 Å². The fourth-order valence-electron chi connectivity index (χ4n) is 3.36. The molecular weight excluding hydrogens is 176 g/mol. The van der Waals surface area contributed by atoms with Crippen LogP contribution in [0.1, 0.15) is 38.5 Å². The fraction of sp³-hybridized carbons (Fsp3) is 0.909. The lowest BCUT2D eigenvalue weighted by atomic mass is 9.94. The molecule has 3 aliphatic rings. The van der Waals surface area contributed by atoms with Crippen LogP contribution in [0.2, 0.25) is 0 Å². The van der Waals surface area contributed by atoms with E-state index in [4.69, 9.17) is 5.73 Å². The molecule has 0 spiro atoms. The summed E-state index contributed by atoms with van der Waals surface area (Å²) in [6.45, 7) is 0. The number of fused-ring (bicyclic) bond motifs is 2. The normalized spacial score (nSPS) is 42.7. The van der Waals surface area contributed by atoms with Gasteiger partial charge in [-0.2, -0.15) is 0 Å². The third-order valence-corrected chi connectivity index (χ3v) is 4.42. The molecule has 14 heavy (non-hydrogen) atoms. The van der Waals surface area contributed by atoms with Crippen molar-refractivity contribution in [2.24, 2.45) is 17.6 Å². The summed E-state index contributed by atoms with van der Waals surface area (Å²) >= 11 is 0. The van der Waals surface area contributed by atoms with Gasteiger partial charge in [0.15, 0.2) is 0 Å².